The topological polar surface area (TPSA) is 41.9 Å². The predicted molar refractivity (Wildman–Crippen MR) is 77.8 cm³/mol. The van der Waals surface area contributed by atoms with Crippen LogP contribution in [-0.2, 0) is 6.54 Å². The molecule has 0 bridgehead atoms. The highest BCUT2D eigenvalue weighted by molar-refractivity contribution is 7.80. The van der Waals surface area contributed by atoms with E-state index in [1.165, 1.54) is 11.1 Å². The zero-order valence-corrected chi connectivity index (χ0v) is 11.3. The SMILES string of the molecule is CNC(=S)Nc1cnn(Cc2cccc(C)c2)c1. The smallest absolute Gasteiger partial charge is 0.170 e. The van der Waals surface area contributed by atoms with Crippen LogP contribution in [0.3, 0.4) is 0 Å². The maximum Gasteiger partial charge on any atom is 0.170 e. The largest absolute Gasteiger partial charge is 0.366 e. The summed E-state index contributed by atoms with van der Waals surface area (Å²) in [7, 11) is 1.78. The van der Waals surface area contributed by atoms with Crippen LogP contribution in [0.5, 0.6) is 0 Å². The van der Waals surface area contributed by atoms with Gasteiger partial charge >= 0.3 is 0 Å². The Kier molecular flexibility index (Phi) is 3.94. The molecule has 0 aliphatic heterocycles. The number of anilines is 1. The summed E-state index contributed by atoms with van der Waals surface area (Å²) < 4.78 is 1.88. The highest BCUT2D eigenvalue weighted by atomic mass is 32.1. The summed E-state index contributed by atoms with van der Waals surface area (Å²) in [6, 6.07) is 8.40. The number of benzene rings is 1. The number of aryl methyl sites for hydroxylation is 1. The maximum atomic E-state index is 5.03. The minimum Gasteiger partial charge on any atom is -0.366 e. The molecule has 0 fully saturated rings. The fraction of sp³-hybridized carbons (Fsp3) is 0.231. The number of rotatable bonds is 3. The van der Waals surface area contributed by atoms with E-state index in [-0.39, 0.29) is 0 Å². The van der Waals surface area contributed by atoms with Gasteiger partial charge in [-0.05, 0) is 24.7 Å². The summed E-state index contributed by atoms with van der Waals surface area (Å²) in [6.07, 6.45) is 3.70. The van der Waals surface area contributed by atoms with E-state index in [0.717, 1.165) is 12.2 Å². The van der Waals surface area contributed by atoms with Crippen molar-refractivity contribution in [3.05, 3.63) is 47.8 Å². The van der Waals surface area contributed by atoms with Crippen LogP contribution >= 0.6 is 12.2 Å². The van der Waals surface area contributed by atoms with Gasteiger partial charge < -0.3 is 10.6 Å². The van der Waals surface area contributed by atoms with Crippen LogP contribution < -0.4 is 10.6 Å². The molecule has 0 spiro atoms. The molecule has 0 amide bonds. The molecule has 1 aromatic carbocycles. The van der Waals surface area contributed by atoms with Crippen LogP contribution in [0.15, 0.2) is 36.7 Å². The van der Waals surface area contributed by atoms with E-state index < -0.39 is 0 Å². The molecule has 2 rings (SSSR count). The molecule has 18 heavy (non-hydrogen) atoms. The summed E-state index contributed by atoms with van der Waals surface area (Å²) in [5, 5.41) is 10.8. The van der Waals surface area contributed by atoms with Crippen LogP contribution in [0.1, 0.15) is 11.1 Å². The van der Waals surface area contributed by atoms with Crippen molar-refractivity contribution in [3.8, 4) is 0 Å². The number of hydrogen-bond acceptors (Lipinski definition) is 2. The van der Waals surface area contributed by atoms with E-state index in [1.54, 1.807) is 13.2 Å². The van der Waals surface area contributed by atoms with Gasteiger partial charge in [0.05, 0.1) is 18.4 Å². The van der Waals surface area contributed by atoms with Crippen LogP contribution in [-0.4, -0.2) is 21.9 Å². The Balaban J connectivity index is 2.04. The molecule has 0 aliphatic carbocycles. The van der Waals surface area contributed by atoms with Crippen molar-refractivity contribution in [2.75, 3.05) is 12.4 Å². The highest BCUT2D eigenvalue weighted by Crippen LogP contribution is 2.09. The summed E-state index contributed by atoms with van der Waals surface area (Å²) in [6.45, 7) is 2.85. The second-order valence-corrected chi connectivity index (χ2v) is 4.53. The third kappa shape index (κ3) is 3.30. The van der Waals surface area contributed by atoms with Gasteiger partial charge in [-0.2, -0.15) is 5.10 Å². The Hall–Kier alpha value is -1.88. The molecular formula is C13H16N4S. The van der Waals surface area contributed by atoms with Crippen molar-refractivity contribution >= 4 is 23.0 Å². The van der Waals surface area contributed by atoms with Crippen molar-refractivity contribution in [2.24, 2.45) is 0 Å². The highest BCUT2D eigenvalue weighted by Gasteiger charge is 2.01. The van der Waals surface area contributed by atoms with Gasteiger partial charge in [0.1, 0.15) is 0 Å². The molecule has 2 N–H and O–H groups in total. The first kappa shape index (κ1) is 12.6. The van der Waals surface area contributed by atoms with Gasteiger partial charge in [0.15, 0.2) is 5.11 Å². The van der Waals surface area contributed by atoms with Crippen LogP contribution in [0.2, 0.25) is 0 Å². The normalized spacial score (nSPS) is 10.1. The summed E-state index contributed by atoms with van der Waals surface area (Å²) in [5.41, 5.74) is 3.39. The Morgan fingerprint density at radius 2 is 2.28 bits per heavy atom. The zero-order chi connectivity index (χ0) is 13.0. The van der Waals surface area contributed by atoms with Crippen molar-refractivity contribution in [1.29, 1.82) is 0 Å². The molecular weight excluding hydrogens is 244 g/mol. The van der Waals surface area contributed by atoms with Gasteiger partial charge in [0, 0.05) is 13.2 Å². The van der Waals surface area contributed by atoms with Crippen molar-refractivity contribution in [1.82, 2.24) is 15.1 Å². The van der Waals surface area contributed by atoms with E-state index in [4.69, 9.17) is 12.2 Å². The van der Waals surface area contributed by atoms with Crippen molar-refractivity contribution < 1.29 is 0 Å². The average Bonchev–Trinajstić information content (AvgIpc) is 2.76. The molecule has 0 aliphatic rings. The number of hydrogen-bond donors (Lipinski definition) is 2. The summed E-state index contributed by atoms with van der Waals surface area (Å²) >= 11 is 5.03. The van der Waals surface area contributed by atoms with E-state index in [9.17, 15) is 0 Å². The lowest BCUT2D eigenvalue weighted by Crippen LogP contribution is -2.23. The Labute approximate surface area is 112 Å². The van der Waals surface area contributed by atoms with E-state index >= 15 is 0 Å². The average molecular weight is 260 g/mol. The fourth-order valence-electron chi connectivity index (χ4n) is 1.71. The van der Waals surface area contributed by atoms with E-state index in [1.807, 2.05) is 10.9 Å². The molecule has 5 heteroatoms. The van der Waals surface area contributed by atoms with Crippen LogP contribution in [0, 0.1) is 6.92 Å². The molecule has 0 atom stereocenters. The first-order valence-corrected chi connectivity index (χ1v) is 6.15. The Morgan fingerprint density at radius 1 is 1.44 bits per heavy atom. The molecule has 1 aromatic heterocycles. The van der Waals surface area contributed by atoms with Crippen molar-refractivity contribution in [2.45, 2.75) is 13.5 Å². The Morgan fingerprint density at radius 3 is 3.00 bits per heavy atom. The lowest BCUT2D eigenvalue weighted by Gasteiger charge is -2.04. The van der Waals surface area contributed by atoms with Gasteiger partial charge in [-0.25, -0.2) is 0 Å². The van der Waals surface area contributed by atoms with Crippen LogP contribution in [0.4, 0.5) is 5.69 Å². The quantitative estimate of drug-likeness (QED) is 0.830. The monoisotopic (exact) mass is 260 g/mol. The second kappa shape index (κ2) is 5.64. The number of nitrogens with zero attached hydrogens (tertiary/aromatic N) is 2. The van der Waals surface area contributed by atoms with Crippen molar-refractivity contribution in [3.63, 3.8) is 0 Å². The molecule has 4 nitrogen and oxygen atoms in total. The third-order valence-corrected chi connectivity index (χ3v) is 2.85. The van der Waals surface area contributed by atoms with Gasteiger partial charge in [-0.3, -0.25) is 4.68 Å². The number of thiocarbonyl (C=S) groups is 1. The summed E-state index contributed by atoms with van der Waals surface area (Å²) in [4.78, 5) is 0. The standard InChI is InChI=1S/C13H16N4S/c1-10-4-3-5-11(6-10)8-17-9-12(7-15-17)16-13(18)14-2/h3-7,9H,8H2,1-2H3,(H2,14,16,18). The third-order valence-electron chi connectivity index (χ3n) is 2.55. The first-order valence-electron chi connectivity index (χ1n) is 5.74. The number of nitrogens with one attached hydrogen (secondary N) is 2. The second-order valence-electron chi connectivity index (χ2n) is 4.12. The van der Waals surface area contributed by atoms with Gasteiger partial charge in [-0.1, -0.05) is 29.8 Å². The molecule has 0 saturated carbocycles. The van der Waals surface area contributed by atoms with Crippen LogP contribution in [0.25, 0.3) is 0 Å². The van der Waals surface area contributed by atoms with E-state index in [2.05, 4.69) is 46.9 Å². The Bertz CT molecular complexity index is 547. The minimum absolute atomic E-state index is 0.588. The molecule has 94 valence electrons. The molecule has 0 saturated heterocycles. The molecule has 2 aromatic rings. The predicted octanol–water partition coefficient (Wildman–Crippen LogP) is 2.16. The van der Waals surface area contributed by atoms with Gasteiger partial charge in [-0.15, -0.1) is 0 Å². The lowest BCUT2D eigenvalue weighted by atomic mass is 10.1. The van der Waals surface area contributed by atoms with E-state index in [0.29, 0.717) is 5.11 Å². The molecule has 1 heterocycles. The minimum atomic E-state index is 0.588. The molecule has 0 radical (unpaired) electrons. The van der Waals surface area contributed by atoms with Gasteiger partial charge in [0.25, 0.3) is 0 Å². The van der Waals surface area contributed by atoms with Gasteiger partial charge in [0.2, 0.25) is 0 Å². The first-order chi connectivity index (χ1) is 8.67. The maximum absolute atomic E-state index is 5.03. The number of aromatic nitrogens is 2. The lowest BCUT2D eigenvalue weighted by molar-refractivity contribution is 0.686. The molecule has 0 unspecified atom stereocenters. The fourth-order valence-corrected chi connectivity index (χ4v) is 1.82. The zero-order valence-electron chi connectivity index (χ0n) is 10.5. The summed E-state index contributed by atoms with van der Waals surface area (Å²) in [5.74, 6) is 0.